The summed E-state index contributed by atoms with van der Waals surface area (Å²) < 4.78 is 1.68. The minimum atomic E-state index is -0.433. The number of rotatable bonds is 4. The van der Waals surface area contributed by atoms with Crippen molar-refractivity contribution in [1.82, 2.24) is 25.1 Å². The number of anilines is 1. The fourth-order valence-corrected chi connectivity index (χ4v) is 4.82. The molecule has 1 saturated carbocycles. The first-order valence-electron chi connectivity index (χ1n) is 10.1. The Bertz CT molecular complexity index is 1030. The fraction of sp³-hybridized carbons (Fsp3) is 0.429. The van der Waals surface area contributed by atoms with E-state index >= 15 is 0 Å². The van der Waals surface area contributed by atoms with Crippen molar-refractivity contribution >= 4 is 29.0 Å². The molecule has 29 heavy (non-hydrogen) atoms. The maximum absolute atomic E-state index is 13.4. The molecule has 1 aliphatic carbocycles. The second-order valence-corrected chi connectivity index (χ2v) is 8.46. The zero-order valence-electron chi connectivity index (χ0n) is 16.1. The van der Waals surface area contributed by atoms with Gasteiger partial charge in [0.2, 0.25) is 5.91 Å². The highest BCUT2D eigenvalue weighted by atomic mass is 35.5. The first-order chi connectivity index (χ1) is 14.1. The molecule has 0 spiro atoms. The summed E-state index contributed by atoms with van der Waals surface area (Å²) in [6, 6.07) is 11.8. The molecule has 0 radical (unpaired) electrons. The summed E-state index contributed by atoms with van der Waals surface area (Å²) in [7, 11) is 0. The number of benzene rings is 1. The van der Waals surface area contributed by atoms with Gasteiger partial charge in [-0.15, -0.1) is 15.3 Å². The Morgan fingerprint density at radius 2 is 1.93 bits per heavy atom. The molecule has 1 N–H and O–H groups in total. The number of nitrogens with one attached hydrogen (secondary N) is 1. The van der Waals surface area contributed by atoms with E-state index < -0.39 is 5.41 Å². The van der Waals surface area contributed by atoms with E-state index in [2.05, 4.69) is 25.5 Å². The van der Waals surface area contributed by atoms with Crippen molar-refractivity contribution in [3.63, 3.8) is 0 Å². The van der Waals surface area contributed by atoms with Crippen LogP contribution in [0.3, 0.4) is 0 Å². The molecular formula is C21H23ClN6O. The van der Waals surface area contributed by atoms with Gasteiger partial charge in [0.1, 0.15) is 12.1 Å². The summed E-state index contributed by atoms with van der Waals surface area (Å²) in [5, 5.41) is 16.5. The SMILES string of the molecule is O=C(NC1CCN(c2ccc3nncn3n2)C1)C1(c2ccc(Cl)cc2)CCCC1. The molecule has 1 aliphatic heterocycles. The quantitative estimate of drug-likeness (QED) is 0.715. The molecule has 150 valence electrons. The van der Waals surface area contributed by atoms with E-state index in [1.165, 1.54) is 0 Å². The Labute approximate surface area is 174 Å². The average Bonchev–Trinajstić information content (AvgIpc) is 3.48. The third-order valence-corrected chi connectivity index (χ3v) is 6.54. The van der Waals surface area contributed by atoms with Crippen molar-refractivity contribution in [3.8, 4) is 0 Å². The number of hydrogen-bond donors (Lipinski definition) is 1. The largest absolute Gasteiger partial charge is 0.353 e. The van der Waals surface area contributed by atoms with Crippen LogP contribution in [0.4, 0.5) is 5.82 Å². The lowest BCUT2D eigenvalue weighted by Crippen LogP contribution is -2.47. The van der Waals surface area contributed by atoms with E-state index in [4.69, 9.17) is 11.6 Å². The van der Waals surface area contributed by atoms with E-state index in [0.29, 0.717) is 5.02 Å². The van der Waals surface area contributed by atoms with Crippen LogP contribution in [0, 0.1) is 0 Å². The minimum Gasteiger partial charge on any atom is -0.353 e. The van der Waals surface area contributed by atoms with Gasteiger partial charge in [-0.2, -0.15) is 4.52 Å². The van der Waals surface area contributed by atoms with Crippen molar-refractivity contribution in [2.45, 2.75) is 43.6 Å². The molecule has 2 fully saturated rings. The van der Waals surface area contributed by atoms with Crippen LogP contribution < -0.4 is 10.2 Å². The highest BCUT2D eigenvalue weighted by Crippen LogP contribution is 2.42. The average molecular weight is 411 g/mol. The van der Waals surface area contributed by atoms with Gasteiger partial charge in [-0.05, 0) is 49.1 Å². The molecule has 0 bridgehead atoms. The van der Waals surface area contributed by atoms with Crippen molar-refractivity contribution in [1.29, 1.82) is 0 Å². The number of halogens is 1. The first-order valence-corrected chi connectivity index (χ1v) is 10.5. The van der Waals surface area contributed by atoms with Crippen LogP contribution in [0.5, 0.6) is 0 Å². The van der Waals surface area contributed by atoms with Crippen molar-refractivity contribution in [2.24, 2.45) is 0 Å². The number of carbonyl (C=O) groups is 1. The van der Waals surface area contributed by atoms with Gasteiger partial charge in [0, 0.05) is 24.2 Å². The number of amides is 1. The van der Waals surface area contributed by atoms with Crippen LogP contribution in [0.15, 0.2) is 42.7 Å². The summed E-state index contributed by atoms with van der Waals surface area (Å²) >= 11 is 6.06. The van der Waals surface area contributed by atoms with E-state index in [-0.39, 0.29) is 11.9 Å². The van der Waals surface area contributed by atoms with Crippen LogP contribution >= 0.6 is 11.6 Å². The Balaban J connectivity index is 1.30. The zero-order chi connectivity index (χ0) is 19.8. The monoisotopic (exact) mass is 410 g/mol. The maximum Gasteiger partial charge on any atom is 0.230 e. The predicted molar refractivity (Wildman–Crippen MR) is 111 cm³/mol. The van der Waals surface area contributed by atoms with Gasteiger partial charge in [0.25, 0.3) is 0 Å². The topological polar surface area (TPSA) is 75.4 Å². The van der Waals surface area contributed by atoms with Gasteiger partial charge in [0.05, 0.1) is 5.41 Å². The standard InChI is InChI=1S/C21H23ClN6O/c22-16-5-3-15(4-6-16)21(10-1-2-11-21)20(29)24-17-9-12-27(13-17)19-8-7-18-25-23-14-28(18)26-19/h3-8,14,17H,1-2,9-13H2,(H,24,29). The number of carbonyl (C=O) groups excluding carboxylic acids is 1. The number of nitrogens with zero attached hydrogens (tertiary/aromatic N) is 5. The van der Waals surface area contributed by atoms with Crippen LogP contribution in [0.1, 0.15) is 37.7 Å². The molecule has 1 atom stereocenters. The second kappa shape index (κ2) is 7.30. The summed E-state index contributed by atoms with van der Waals surface area (Å²) in [5.74, 6) is 1.02. The second-order valence-electron chi connectivity index (χ2n) is 8.03. The van der Waals surface area contributed by atoms with Gasteiger partial charge < -0.3 is 10.2 Å². The third-order valence-electron chi connectivity index (χ3n) is 6.28. The molecule has 1 amide bonds. The molecule has 2 aromatic heterocycles. The minimum absolute atomic E-state index is 0.116. The molecule has 1 saturated heterocycles. The van der Waals surface area contributed by atoms with Gasteiger partial charge in [-0.1, -0.05) is 36.6 Å². The molecule has 5 rings (SSSR count). The molecule has 1 aromatic carbocycles. The smallest absolute Gasteiger partial charge is 0.230 e. The van der Waals surface area contributed by atoms with Crippen LogP contribution in [0.25, 0.3) is 5.65 Å². The van der Waals surface area contributed by atoms with E-state index in [1.807, 2.05) is 36.4 Å². The molecule has 8 heteroatoms. The molecule has 1 unspecified atom stereocenters. The van der Waals surface area contributed by atoms with Gasteiger partial charge in [-0.25, -0.2) is 0 Å². The molecule has 2 aliphatic rings. The first kappa shape index (κ1) is 18.4. The number of fused-ring (bicyclic) bond motifs is 1. The van der Waals surface area contributed by atoms with Gasteiger partial charge in [0.15, 0.2) is 5.65 Å². The number of aromatic nitrogens is 4. The Kier molecular flexibility index (Phi) is 4.62. The molecule has 3 aromatic rings. The van der Waals surface area contributed by atoms with Gasteiger partial charge in [-0.3, -0.25) is 4.79 Å². The molecule has 3 heterocycles. The van der Waals surface area contributed by atoms with Crippen molar-refractivity contribution in [3.05, 3.63) is 53.3 Å². The summed E-state index contributed by atoms with van der Waals surface area (Å²) in [6.07, 6.45) is 6.45. The maximum atomic E-state index is 13.4. The summed E-state index contributed by atoms with van der Waals surface area (Å²) in [5.41, 5.74) is 1.37. The van der Waals surface area contributed by atoms with Crippen LogP contribution in [0.2, 0.25) is 5.02 Å². The predicted octanol–water partition coefficient (Wildman–Crippen LogP) is 2.98. The summed E-state index contributed by atoms with van der Waals surface area (Å²) in [4.78, 5) is 15.6. The van der Waals surface area contributed by atoms with Gasteiger partial charge >= 0.3 is 0 Å². The lowest BCUT2D eigenvalue weighted by Gasteiger charge is -2.30. The highest BCUT2D eigenvalue weighted by molar-refractivity contribution is 6.30. The fourth-order valence-electron chi connectivity index (χ4n) is 4.69. The summed E-state index contributed by atoms with van der Waals surface area (Å²) in [6.45, 7) is 1.61. The van der Waals surface area contributed by atoms with Crippen LogP contribution in [-0.4, -0.2) is 44.8 Å². The van der Waals surface area contributed by atoms with Crippen LogP contribution in [-0.2, 0) is 10.2 Å². The third kappa shape index (κ3) is 3.33. The van der Waals surface area contributed by atoms with Crippen molar-refractivity contribution in [2.75, 3.05) is 18.0 Å². The van der Waals surface area contributed by atoms with E-state index in [9.17, 15) is 4.79 Å². The molecular weight excluding hydrogens is 388 g/mol. The normalized spacial score (nSPS) is 21.0. The lowest BCUT2D eigenvalue weighted by atomic mass is 9.78. The van der Waals surface area contributed by atoms with E-state index in [0.717, 1.165) is 62.2 Å². The Hall–Kier alpha value is -2.67. The Morgan fingerprint density at radius 3 is 2.72 bits per heavy atom. The lowest BCUT2D eigenvalue weighted by molar-refractivity contribution is -0.127. The van der Waals surface area contributed by atoms with E-state index in [1.54, 1.807) is 10.8 Å². The number of hydrogen-bond acceptors (Lipinski definition) is 5. The highest BCUT2D eigenvalue weighted by Gasteiger charge is 2.43. The molecule has 7 nitrogen and oxygen atoms in total. The Morgan fingerprint density at radius 1 is 1.14 bits per heavy atom. The zero-order valence-corrected chi connectivity index (χ0v) is 16.8. The van der Waals surface area contributed by atoms with Crippen molar-refractivity contribution < 1.29 is 4.79 Å².